The maximum absolute atomic E-state index is 9.50. The molecule has 1 heterocycles. The van der Waals surface area contributed by atoms with Crippen molar-refractivity contribution in [2.45, 2.75) is 19.8 Å². The van der Waals surface area contributed by atoms with Gasteiger partial charge >= 0.3 is 0 Å². The van der Waals surface area contributed by atoms with E-state index in [1.54, 1.807) is 12.4 Å². The summed E-state index contributed by atoms with van der Waals surface area (Å²) < 4.78 is 9.50. The van der Waals surface area contributed by atoms with Crippen molar-refractivity contribution < 1.29 is 4.39 Å². The summed E-state index contributed by atoms with van der Waals surface area (Å²) in [6.45, 7) is 4.16. The van der Waals surface area contributed by atoms with Crippen molar-refractivity contribution in [3.63, 3.8) is 0 Å². The lowest BCUT2D eigenvalue weighted by atomic mass is 10.2. The zero-order valence-electron chi connectivity index (χ0n) is 7.08. The second kappa shape index (κ2) is 5.77. The Morgan fingerprint density at radius 2 is 1.64 bits per heavy atom. The molecule has 2 nitrogen and oxygen atoms in total. The van der Waals surface area contributed by atoms with Gasteiger partial charge in [0.2, 0.25) is 0 Å². The van der Waals surface area contributed by atoms with Crippen LogP contribution >= 0.6 is 0 Å². The Hall–Kier alpha value is -0.990. The molecule has 1 aromatic rings. The Morgan fingerprint density at radius 3 is 1.91 bits per heavy atom. The summed E-state index contributed by atoms with van der Waals surface area (Å²) in [4.78, 5) is 8.13. The van der Waals surface area contributed by atoms with Gasteiger partial charge in [-0.25, -0.2) is 9.97 Å². The molecular formula is C8H13FN2. The van der Waals surface area contributed by atoms with Crippen LogP contribution in [0.25, 0.3) is 0 Å². The average Bonchev–Trinajstić information content (AvgIpc) is 2.10. The number of halogens is 1. The van der Waals surface area contributed by atoms with E-state index in [4.69, 9.17) is 0 Å². The monoisotopic (exact) mass is 156 g/mol. The summed E-state index contributed by atoms with van der Waals surface area (Å²) in [5, 5.41) is 0. The van der Waals surface area contributed by atoms with Crippen LogP contribution in [-0.2, 0) is 0 Å². The number of alkyl halides is 1. The van der Waals surface area contributed by atoms with Crippen LogP contribution in [0.15, 0.2) is 18.5 Å². The first kappa shape index (κ1) is 10.0. The first-order valence-electron chi connectivity index (χ1n) is 3.45. The minimum Gasteiger partial charge on any atom is -0.255 e. The lowest BCUT2D eigenvalue weighted by Crippen LogP contribution is -1.93. The highest BCUT2D eigenvalue weighted by Crippen LogP contribution is 2.04. The van der Waals surface area contributed by atoms with E-state index >= 15 is 0 Å². The van der Waals surface area contributed by atoms with Gasteiger partial charge in [0.05, 0.1) is 7.18 Å². The third kappa shape index (κ3) is 3.65. The fraction of sp³-hybridized carbons (Fsp3) is 0.500. The molecule has 0 saturated carbocycles. The maximum atomic E-state index is 9.50. The van der Waals surface area contributed by atoms with E-state index in [0.29, 0.717) is 13.1 Å². The quantitative estimate of drug-likeness (QED) is 0.622. The summed E-state index contributed by atoms with van der Waals surface area (Å²) in [5.74, 6) is 1.35. The van der Waals surface area contributed by atoms with Gasteiger partial charge in [0, 0.05) is 18.3 Å². The molecule has 0 N–H and O–H groups in total. The van der Waals surface area contributed by atoms with Gasteiger partial charge in [-0.05, 0) is 6.07 Å². The molecule has 0 saturated heterocycles. The summed E-state index contributed by atoms with van der Waals surface area (Å²) in [7, 11) is 0.500. The topological polar surface area (TPSA) is 25.8 Å². The molecule has 0 fully saturated rings. The van der Waals surface area contributed by atoms with Gasteiger partial charge in [-0.3, -0.25) is 4.39 Å². The van der Waals surface area contributed by atoms with E-state index in [0.717, 1.165) is 5.82 Å². The van der Waals surface area contributed by atoms with Crippen molar-refractivity contribution in [2.24, 2.45) is 0 Å². The van der Waals surface area contributed by atoms with Crippen LogP contribution in [0.4, 0.5) is 4.39 Å². The molecule has 0 aliphatic heterocycles. The first-order valence-corrected chi connectivity index (χ1v) is 3.45. The van der Waals surface area contributed by atoms with E-state index in [1.807, 2.05) is 6.07 Å². The van der Waals surface area contributed by atoms with Crippen molar-refractivity contribution in [3.8, 4) is 0 Å². The molecule has 0 radical (unpaired) electrons. The molecule has 0 aliphatic rings. The Kier molecular flexibility index (Phi) is 5.25. The summed E-state index contributed by atoms with van der Waals surface area (Å²) in [5.41, 5.74) is 0. The summed E-state index contributed by atoms with van der Waals surface area (Å²) in [6, 6.07) is 1.83. The third-order valence-electron chi connectivity index (χ3n) is 1.10. The molecule has 62 valence electrons. The molecule has 0 atom stereocenters. The largest absolute Gasteiger partial charge is 0.255 e. The molecule has 0 spiro atoms. The Balaban J connectivity index is 0.000000461. The van der Waals surface area contributed by atoms with Gasteiger partial charge in [-0.2, -0.15) is 0 Å². The van der Waals surface area contributed by atoms with Crippen LogP contribution in [0.1, 0.15) is 25.6 Å². The second-order valence-electron chi connectivity index (χ2n) is 2.26. The van der Waals surface area contributed by atoms with Crippen molar-refractivity contribution in [1.82, 2.24) is 9.97 Å². The van der Waals surface area contributed by atoms with E-state index < -0.39 is 0 Å². The smallest absolute Gasteiger partial charge is 0.130 e. The van der Waals surface area contributed by atoms with Gasteiger partial charge in [0.25, 0.3) is 0 Å². The SMILES string of the molecule is CC(C)c1ncccn1.CF. The predicted molar refractivity (Wildman–Crippen MR) is 43.2 cm³/mol. The zero-order chi connectivity index (χ0) is 8.69. The van der Waals surface area contributed by atoms with E-state index in [9.17, 15) is 4.39 Å². The van der Waals surface area contributed by atoms with Crippen LogP contribution in [0.2, 0.25) is 0 Å². The van der Waals surface area contributed by atoms with Crippen molar-refractivity contribution in [1.29, 1.82) is 0 Å². The predicted octanol–water partition coefficient (Wildman–Crippen LogP) is 2.19. The molecule has 0 unspecified atom stereocenters. The van der Waals surface area contributed by atoms with E-state index in [-0.39, 0.29) is 0 Å². The van der Waals surface area contributed by atoms with Crippen LogP contribution in [0.3, 0.4) is 0 Å². The van der Waals surface area contributed by atoms with Gasteiger partial charge in [-0.1, -0.05) is 13.8 Å². The van der Waals surface area contributed by atoms with Crippen molar-refractivity contribution in [2.75, 3.05) is 7.18 Å². The summed E-state index contributed by atoms with van der Waals surface area (Å²) in [6.07, 6.45) is 3.53. The van der Waals surface area contributed by atoms with Gasteiger partial charge in [-0.15, -0.1) is 0 Å². The minimum atomic E-state index is 0.436. The highest BCUT2D eigenvalue weighted by atomic mass is 19.1. The fourth-order valence-electron chi connectivity index (χ4n) is 0.609. The number of nitrogens with zero attached hydrogens (tertiary/aromatic N) is 2. The second-order valence-corrected chi connectivity index (χ2v) is 2.26. The number of hydrogen-bond donors (Lipinski definition) is 0. The molecule has 0 amide bonds. The van der Waals surface area contributed by atoms with Crippen LogP contribution in [0, 0.1) is 0 Å². The summed E-state index contributed by atoms with van der Waals surface area (Å²) >= 11 is 0. The average molecular weight is 156 g/mol. The molecule has 0 bridgehead atoms. The Labute approximate surface area is 66.5 Å². The van der Waals surface area contributed by atoms with Crippen LogP contribution in [-0.4, -0.2) is 17.1 Å². The number of aromatic nitrogens is 2. The molecule has 1 aromatic heterocycles. The molecular weight excluding hydrogens is 143 g/mol. The van der Waals surface area contributed by atoms with Gasteiger partial charge in [0.1, 0.15) is 5.82 Å². The third-order valence-corrected chi connectivity index (χ3v) is 1.10. The van der Waals surface area contributed by atoms with Crippen LogP contribution in [0.5, 0.6) is 0 Å². The first-order chi connectivity index (χ1) is 5.30. The molecule has 0 aromatic carbocycles. The number of rotatable bonds is 1. The molecule has 11 heavy (non-hydrogen) atoms. The molecule has 3 heteroatoms. The highest BCUT2D eigenvalue weighted by Gasteiger charge is 1.97. The lowest BCUT2D eigenvalue weighted by Gasteiger charge is -1.98. The van der Waals surface area contributed by atoms with Crippen molar-refractivity contribution in [3.05, 3.63) is 24.3 Å². The van der Waals surface area contributed by atoms with Crippen LogP contribution < -0.4 is 0 Å². The van der Waals surface area contributed by atoms with Gasteiger partial charge in [0.15, 0.2) is 0 Å². The standard InChI is InChI=1S/C7H10N2.CH3F/c1-6(2)7-8-4-3-5-9-7;1-2/h3-6H,1-2H3;1H3. The Morgan fingerprint density at radius 1 is 1.18 bits per heavy atom. The van der Waals surface area contributed by atoms with E-state index in [2.05, 4.69) is 23.8 Å². The normalized spacial score (nSPS) is 8.82. The molecule has 1 rings (SSSR count). The lowest BCUT2D eigenvalue weighted by molar-refractivity contribution is 0.636. The Bertz CT molecular complexity index is 175. The highest BCUT2D eigenvalue weighted by molar-refractivity contribution is 4.92. The molecule has 0 aliphatic carbocycles. The van der Waals surface area contributed by atoms with Crippen molar-refractivity contribution >= 4 is 0 Å². The number of hydrogen-bond acceptors (Lipinski definition) is 2. The maximum Gasteiger partial charge on any atom is 0.130 e. The fourth-order valence-corrected chi connectivity index (χ4v) is 0.609. The van der Waals surface area contributed by atoms with Gasteiger partial charge < -0.3 is 0 Å². The minimum absolute atomic E-state index is 0.436. The zero-order valence-corrected chi connectivity index (χ0v) is 7.08. The van der Waals surface area contributed by atoms with E-state index in [1.165, 1.54) is 0 Å².